The first-order valence-corrected chi connectivity index (χ1v) is 26.8. The van der Waals surface area contributed by atoms with Crippen LogP contribution in [-0.4, -0.2) is 19.0 Å². The minimum Gasteiger partial charge on any atom is -0.419 e. The van der Waals surface area contributed by atoms with Gasteiger partial charge in [-0.15, -0.1) is 0 Å². The Kier molecular flexibility index (Phi) is 10.4. The molecule has 0 saturated heterocycles. The van der Waals surface area contributed by atoms with Crippen molar-refractivity contribution >= 4 is 115 Å². The lowest BCUT2D eigenvalue weighted by molar-refractivity contribution is 0.234. The van der Waals surface area contributed by atoms with Gasteiger partial charge in [-0.05, 0) is 154 Å². The van der Waals surface area contributed by atoms with Crippen LogP contribution in [0.4, 0.5) is 68.2 Å². The average Bonchev–Trinajstić information content (AvgIpc) is 3.61. The number of rotatable bonds is 8. The van der Waals surface area contributed by atoms with Crippen LogP contribution in [0.3, 0.4) is 0 Å². The Bertz CT molecular complexity index is 3820. The van der Waals surface area contributed by atoms with Crippen LogP contribution in [0.2, 0.25) is 0 Å². The van der Waals surface area contributed by atoms with E-state index in [1.165, 1.54) is 60.4 Å². The minimum atomic E-state index is -0.332. The van der Waals surface area contributed by atoms with E-state index in [0.717, 1.165) is 56.9 Å². The van der Waals surface area contributed by atoms with Gasteiger partial charge in [-0.25, -0.2) is 0 Å². The normalized spacial score (nSPS) is 16.0. The molecule has 2 unspecified atom stereocenters. The van der Waals surface area contributed by atoms with Crippen molar-refractivity contribution in [3.8, 4) is 11.1 Å². The van der Waals surface area contributed by atoms with Crippen molar-refractivity contribution in [1.29, 1.82) is 0 Å². The van der Waals surface area contributed by atoms with E-state index in [2.05, 4.69) is 287 Å². The summed E-state index contributed by atoms with van der Waals surface area (Å²) in [6.07, 6.45) is 8.81. The quantitative estimate of drug-likeness (QED) is 0.141. The number of fused-ring (bicyclic) bond motifs is 8. The van der Waals surface area contributed by atoms with Crippen molar-refractivity contribution in [2.24, 2.45) is 0 Å². The monoisotopic (exact) mass is 978 g/mol. The molecular weight excluding hydrogens is 930 g/mol. The van der Waals surface area contributed by atoms with Crippen LogP contribution < -0.4 is 41.5 Å². The highest BCUT2D eigenvalue weighted by Crippen LogP contribution is 2.53. The molecule has 0 amide bonds. The van der Waals surface area contributed by atoms with Gasteiger partial charge in [0.25, 0.3) is 5.99 Å². The molecule has 354 valence electrons. The first kappa shape index (κ1) is 43.9. The summed E-state index contributed by atoms with van der Waals surface area (Å²) in [6, 6.07) is 86.5. The Morgan fingerprint density at radius 1 is 0.440 bits per heavy atom. The molecule has 4 aliphatic heterocycles. The maximum Gasteiger partial charge on any atom is 0.366 e. The summed E-state index contributed by atoms with van der Waals surface area (Å²) in [6.45, 7) is 2.04. The van der Waals surface area contributed by atoms with E-state index >= 15 is 0 Å². The van der Waals surface area contributed by atoms with Gasteiger partial charge in [0.15, 0.2) is 0 Å². The highest BCUT2D eigenvalue weighted by molar-refractivity contribution is 8.28. The van der Waals surface area contributed by atoms with Gasteiger partial charge in [0.1, 0.15) is 0 Å². The first-order valence-electron chi connectivity index (χ1n) is 26.0. The van der Waals surface area contributed by atoms with E-state index < -0.39 is 0 Å². The predicted molar refractivity (Wildman–Crippen MR) is 317 cm³/mol. The zero-order valence-electron chi connectivity index (χ0n) is 41.2. The highest BCUT2D eigenvalue weighted by atomic mass is 32.2. The maximum absolute atomic E-state index is 7.59. The number of hydrogen-bond donors (Lipinski definition) is 0. The summed E-state index contributed by atoms with van der Waals surface area (Å²) in [4.78, 5) is 11.2. The number of allylic oxidation sites excluding steroid dienone is 2. The maximum atomic E-state index is 7.59. The van der Waals surface area contributed by atoms with Crippen LogP contribution in [0, 0.1) is 6.92 Å². The van der Waals surface area contributed by atoms with E-state index in [-0.39, 0.29) is 24.9 Å². The van der Waals surface area contributed by atoms with Gasteiger partial charge < -0.3 is 24.3 Å². The summed E-state index contributed by atoms with van der Waals surface area (Å²) in [5.74, 6) is 0.0209. The number of nitrogens with zero attached hydrogens (tertiary/aromatic N) is 4. The second-order valence-electron chi connectivity index (χ2n) is 19.9. The smallest absolute Gasteiger partial charge is 0.366 e. The number of para-hydroxylation sites is 6. The van der Waals surface area contributed by atoms with Crippen molar-refractivity contribution < 1.29 is 4.65 Å². The van der Waals surface area contributed by atoms with Gasteiger partial charge in [0.2, 0.25) is 0 Å². The van der Waals surface area contributed by atoms with Crippen molar-refractivity contribution in [3.63, 3.8) is 0 Å². The van der Waals surface area contributed by atoms with Crippen molar-refractivity contribution in [3.05, 3.63) is 272 Å². The van der Waals surface area contributed by atoms with Crippen LogP contribution in [0.25, 0.3) is 11.1 Å². The molecule has 5 aliphatic rings. The predicted octanol–water partition coefficient (Wildman–Crippen LogP) is 15.1. The molecule has 10 aromatic rings. The molecule has 2 atom stereocenters. The zero-order chi connectivity index (χ0) is 49.6. The zero-order valence-corrected chi connectivity index (χ0v) is 42.1. The standard InChI is InChI=1S/C67H48B2N4OS/c1-45-66-58(68-64-56(54-36-20-22-38-62(54)74-68)40-52(42-60(64)72(66)50-32-16-6-17-33-50)70(46-24-8-2-9-25-46)47-26-10-3-11-27-47)44-59-67(45)73(51-34-18-7-19-35-51)61-43-53(41-57-55-37-21-23-39-63(55)75-69(59)65(57)61)71(48-28-12-4-13-29-48)49-30-14-5-15-31-49/h2-44,54,62H,1H3. The molecule has 0 radical (unpaired) electrons. The van der Waals surface area contributed by atoms with E-state index in [0.29, 0.717) is 0 Å². The largest absolute Gasteiger partial charge is 0.419 e. The van der Waals surface area contributed by atoms with Crippen LogP contribution in [0.15, 0.2) is 266 Å². The molecule has 75 heavy (non-hydrogen) atoms. The fourth-order valence-electron chi connectivity index (χ4n) is 12.6. The van der Waals surface area contributed by atoms with Crippen LogP contribution >= 0.6 is 11.6 Å². The van der Waals surface area contributed by atoms with Crippen molar-refractivity contribution in [2.75, 3.05) is 19.6 Å². The van der Waals surface area contributed by atoms with Gasteiger partial charge in [0.05, 0.1) is 6.10 Å². The SMILES string of the molecule is Cc1c2c(cc3c1N(c1ccccc1)c1cc(N(c4ccccc4)c4ccccc4)cc4c1B3OC1C=CC=CC41)B1Sc3ccccc3-c3cc(N(c4ccccc4)c4ccccc4)cc(c31)N2c1ccccc1. The second-order valence-corrected chi connectivity index (χ2v) is 21.0. The topological polar surface area (TPSA) is 22.2 Å². The van der Waals surface area contributed by atoms with E-state index in [1.54, 1.807) is 0 Å². The lowest BCUT2D eigenvalue weighted by atomic mass is 9.46. The lowest BCUT2D eigenvalue weighted by Gasteiger charge is -2.47. The molecule has 1 aliphatic carbocycles. The molecule has 4 heterocycles. The van der Waals surface area contributed by atoms with E-state index in [1.807, 2.05) is 11.6 Å². The Labute approximate surface area is 443 Å². The van der Waals surface area contributed by atoms with Crippen molar-refractivity contribution in [1.82, 2.24) is 0 Å². The molecule has 0 N–H and O–H groups in total. The number of anilines is 12. The number of hydrogen-bond acceptors (Lipinski definition) is 6. The fourth-order valence-corrected chi connectivity index (χ4v) is 14.0. The molecule has 0 fully saturated rings. The molecular formula is C67H48B2N4OS. The summed E-state index contributed by atoms with van der Waals surface area (Å²) in [7, 11) is 0. The fraction of sp³-hybridized carbons (Fsp3) is 0.0448. The summed E-state index contributed by atoms with van der Waals surface area (Å²) in [5, 5.41) is 0. The third-order valence-electron chi connectivity index (χ3n) is 15.7. The van der Waals surface area contributed by atoms with Crippen molar-refractivity contribution in [2.45, 2.75) is 23.8 Å². The molecule has 0 aromatic heterocycles. The Hall–Kier alpha value is -8.68. The van der Waals surface area contributed by atoms with Crippen LogP contribution in [0.1, 0.15) is 17.0 Å². The molecule has 0 saturated carbocycles. The third-order valence-corrected chi connectivity index (χ3v) is 17.0. The van der Waals surface area contributed by atoms with Crippen LogP contribution in [-0.2, 0) is 4.65 Å². The third kappa shape index (κ3) is 7.01. The van der Waals surface area contributed by atoms with Gasteiger partial charge in [-0.3, -0.25) is 0 Å². The Morgan fingerprint density at radius 2 is 0.907 bits per heavy atom. The Morgan fingerprint density at radius 3 is 1.47 bits per heavy atom. The van der Waals surface area contributed by atoms with Gasteiger partial charge >= 0.3 is 6.92 Å². The van der Waals surface area contributed by atoms with E-state index in [4.69, 9.17) is 4.65 Å². The minimum absolute atomic E-state index is 0.00705. The molecule has 8 heteroatoms. The molecule has 10 aromatic carbocycles. The van der Waals surface area contributed by atoms with Crippen LogP contribution in [0.5, 0.6) is 0 Å². The van der Waals surface area contributed by atoms with E-state index in [9.17, 15) is 0 Å². The summed E-state index contributed by atoms with van der Waals surface area (Å²) >= 11 is 1.98. The molecule has 15 rings (SSSR count). The summed E-state index contributed by atoms with van der Waals surface area (Å²) in [5.41, 5.74) is 23.5. The number of benzene rings is 10. The molecule has 0 bridgehead atoms. The van der Waals surface area contributed by atoms with Gasteiger partial charge in [0, 0.05) is 79.1 Å². The first-order chi connectivity index (χ1) is 37.2. The summed E-state index contributed by atoms with van der Waals surface area (Å²) < 4.78 is 7.59. The lowest BCUT2D eigenvalue weighted by Crippen LogP contribution is -2.61. The molecule has 5 nitrogen and oxygen atoms in total. The average molecular weight is 979 g/mol. The Balaban J connectivity index is 1.03. The highest BCUT2D eigenvalue weighted by Gasteiger charge is 2.49. The van der Waals surface area contributed by atoms with Gasteiger partial charge in [-0.2, -0.15) is 11.6 Å². The van der Waals surface area contributed by atoms with Gasteiger partial charge in [-0.1, -0.05) is 158 Å². The second kappa shape index (κ2) is 17.8. The molecule has 0 spiro atoms.